The first-order valence-electron chi connectivity index (χ1n) is 5.84. The van der Waals surface area contributed by atoms with Gasteiger partial charge in [-0.1, -0.05) is 6.92 Å². The Bertz CT molecular complexity index is 480. The van der Waals surface area contributed by atoms with Crippen LogP contribution in [0.4, 0.5) is 24.5 Å². The lowest BCUT2D eigenvalue weighted by Crippen LogP contribution is -2.17. The zero-order chi connectivity index (χ0) is 15.3. The first kappa shape index (κ1) is 16.6. The fourth-order valence-corrected chi connectivity index (χ4v) is 2.35. The lowest BCUT2D eigenvalue weighted by molar-refractivity contribution is -0.385. The highest BCUT2D eigenvalue weighted by atomic mass is 32.2. The minimum atomic E-state index is -4.63. The summed E-state index contributed by atoms with van der Waals surface area (Å²) in [6.45, 7) is 2.30. The molecule has 0 spiro atoms. The summed E-state index contributed by atoms with van der Waals surface area (Å²) in [7, 11) is 0. The third-order valence-electron chi connectivity index (χ3n) is 2.61. The molecule has 0 amide bonds. The second-order valence-corrected chi connectivity index (χ2v) is 5.34. The normalized spacial score (nSPS) is 13.1. The van der Waals surface area contributed by atoms with E-state index in [0.29, 0.717) is 12.6 Å². The van der Waals surface area contributed by atoms with Gasteiger partial charge in [-0.25, -0.2) is 0 Å². The summed E-state index contributed by atoms with van der Waals surface area (Å²) in [5, 5.41) is 13.3. The maximum atomic E-state index is 12.9. The van der Waals surface area contributed by atoms with Gasteiger partial charge in [-0.2, -0.15) is 24.9 Å². The average Bonchev–Trinajstić information content (AvgIpc) is 2.35. The Kier molecular flexibility index (Phi) is 5.67. The van der Waals surface area contributed by atoms with Gasteiger partial charge in [0.15, 0.2) is 0 Å². The van der Waals surface area contributed by atoms with Crippen molar-refractivity contribution in [2.24, 2.45) is 5.92 Å². The van der Waals surface area contributed by atoms with E-state index >= 15 is 0 Å². The molecule has 0 fully saturated rings. The molecular weight excluding hydrogens is 293 g/mol. The van der Waals surface area contributed by atoms with Crippen LogP contribution in [0.2, 0.25) is 0 Å². The van der Waals surface area contributed by atoms with Crippen LogP contribution in [0, 0.1) is 16.0 Å². The van der Waals surface area contributed by atoms with Crippen LogP contribution in [-0.2, 0) is 6.18 Å². The third-order valence-corrected chi connectivity index (χ3v) is 3.51. The van der Waals surface area contributed by atoms with Crippen LogP contribution in [0.15, 0.2) is 18.2 Å². The van der Waals surface area contributed by atoms with Gasteiger partial charge in [-0.05, 0) is 24.0 Å². The number of thioether (sulfide) groups is 1. The lowest BCUT2D eigenvalue weighted by atomic mass is 10.1. The molecule has 0 aromatic heterocycles. The van der Waals surface area contributed by atoms with Crippen LogP contribution in [-0.4, -0.2) is 23.5 Å². The Morgan fingerprint density at radius 1 is 1.45 bits per heavy atom. The van der Waals surface area contributed by atoms with Gasteiger partial charge in [0.05, 0.1) is 10.5 Å². The molecular formula is C12H15F3N2O2S. The zero-order valence-electron chi connectivity index (χ0n) is 11.0. The number of nitrogens with one attached hydrogen (secondary N) is 1. The van der Waals surface area contributed by atoms with E-state index < -0.39 is 22.4 Å². The molecule has 0 saturated carbocycles. The zero-order valence-corrected chi connectivity index (χ0v) is 11.8. The number of hydrogen-bond acceptors (Lipinski definition) is 4. The van der Waals surface area contributed by atoms with Crippen molar-refractivity contribution < 1.29 is 18.1 Å². The number of non-ortho nitro benzene ring substituents is 1. The van der Waals surface area contributed by atoms with Crippen molar-refractivity contribution in [2.45, 2.75) is 13.1 Å². The monoisotopic (exact) mass is 308 g/mol. The van der Waals surface area contributed by atoms with E-state index in [2.05, 4.69) is 5.32 Å². The predicted molar refractivity (Wildman–Crippen MR) is 74.1 cm³/mol. The van der Waals surface area contributed by atoms with Gasteiger partial charge < -0.3 is 5.32 Å². The van der Waals surface area contributed by atoms with Crippen LogP contribution < -0.4 is 5.32 Å². The first-order chi connectivity index (χ1) is 9.25. The van der Waals surface area contributed by atoms with Crippen molar-refractivity contribution in [1.82, 2.24) is 0 Å². The standard InChI is InChI=1S/C12H15F3N2O2S/c1-8(7-20-2)6-16-11-4-3-9(17(18)19)5-10(11)12(13,14)15/h3-5,8,16H,6-7H2,1-2H3. The SMILES string of the molecule is CSCC(C)CNc1ccc([N+](=O)[O-])cc1C(F)(F)F. The van der Waals surface area contributed by atoms with Crippen LogP contribution in [0.25, 0.3) is 0 Å². The predicted octanol–water partition coefficient (Wildman–Crippen LogP) is 4.02. The van der Waals surface area contributed by atoms with Gasteiger partial charge in [-0.3, -0.25) is 10.1 Å². The quantitative estimate of drug-likeness (QED) is 0.637. The minimum absolute atomic E-state index is 0.129. The van der Waals surface area contributed by atoms with Crippen molar-refractivity contribution >= 4 is 23.1 Å². The van der Waals surface area contributed by atoms with E-state index in [1.165, 1.54) is 0 Å². The van der Waals surface area contributed by atoms with Gasteiger partial charge >= 0.3 is 6.18 Å². The molecule has 1 N–H and O–H groups in total. The molecule has 0 heterocycles. The summed E-state index contributed by atoms with van der Waals surface area (Å²) in [6.07, 6.45) is -2.71. The van der Waals surface area contributed by atoms with Crippen LogP contribution >= 0.6 is 11.8 Å². The highest BCUT2D eigenvalue weighted by Gasteiger charge is 2.35. The van der Waals surface area contributed by atoms with E-state index in [4.69, 9.17) is 0 Å². The highest BCUT2D eigenvalue weighted by molar-refractivity contribution is 7.98. The molecule has 8 heteroatoms. The second kappa shape index (κ2) is 6.83. The molecule has 0 aliphatic rings. The summed E-state index contributed by atoms with van der Waals surface area (Å²) in [5.74, 6) is 1.02. The van der Waals surface area contributed by atoms with E-state index in [0.717, 1.165) is 17.9 Å². The molecule has 1 unspecified atom stereocenters. The number of hydrogen-bond donors (Lipinski definition) is 1. The summed E-state index contributed by atoms with van der Waals surface area (Å²) in [6, 6.07) is 2.73. The van der Waals surface area contributed by atoms with Gasteiger partial charge in [0.25, 0.3) is 5.69 Å². The summed E-state index contributed by atoms with van der Waals surface area (Å²) in [4.78, 5) is 9.72. The maximum Gasteiger partial charge on any atom is 0.418 e. The maximum absolute atomic E-state index is 12.9. The Balaban J connectivity index is 2.98. The van der Waals surface area contributed by atoms with Gasteiger partial charge in [-0.15, -0.1) is 0 Å². The molecule has 4 nitrogen and oxygen atoms in total. The Morgan fingerprint density at radius 2 is 2.10 bits per heavy atom. The van der Waals surface area contributed by atoms with Crippen LogP contribution in [0.3, 0.4) is 0 Å². The highest BCUT2D eigenvalue weighted by Crippen LogP contribution is 2.37. The molecule has 0 bridgehead atoms. The van der Waals surface area contributed by atoms with Gasteiger partial charge in [0, 0.05) is 24.4 Å². The fourth-order valence-electron chi connectivity index (χ4n) is 1.66. The van der Waals surface area contributed by atoms with E-state index in [9.17, 15) is 23.3 Å². The molecule has 0 radical (unpaired) electrons. The van der Waals surface area contributed by atoms with Crippen molar-refractivity contribution in [3.8, 4) is 0 Å². The fraction of sp³-hybridized carbons (Fsp3) is 0.500. The van der Waals surface area contributed by atoms with E-state index in [-0.39, 0.29) is 11.6 Å². The van der Waals surface area contributed by atoms with Crippen molar-refractivity contribution in [1.29, 1.82) is 0 Å². The van der Waals surface area contributed by atoms with E-state index in [1.54, 1.807) is 11.8 Å². The molecule has 112 valence electrons. The molecule has 1 atom stereocenters. The molecule has 0 aliphatic heterocycles. The average molecular weight is 308 g/mol. The summed E-state index contributed by atoms with van der Waals surface area (Å²) in [5.41, 5.74) is -1.71. The van der Waals surface area contributed by atoms with Crippen LogP contribution in [0.1, 0.15) is 12.5 Å². The minimum Gasteiger partial charge on any atom is -0.384 e. The molecule has 1 aromatic rings. The number of nitro benzene ring substituents is 1. The molecule has 0 saturated heterocycles. The van der Waals surface area contributed by atoms with Gasteiger partial charge in [0.1, 0.15) is 0 Å². The van der Waals surface area contributed by atoms with Crippen molar-refractivity contribution in [3.63, 3.8) is 0 Å². The second-order valence-electron chi connectivity index (χ2n) is 4.43. The van der Waals surface area contributed by atoms with Crippen molar-refractivity contribution in [3.05, 3.63) is 33.9 Å². The van der Waals surface area contributed by atoms with E-state index in [1.807, 2.05) is 13.2 Å². The summed E-state index contributed by atoms with van der Waals surface area (Å²) < 4.78 is 38.7. The number of halogens is 3. The number of benzene rings is 1. The third kappa shape index (κ3) is 4.59. The first-order valence-corrected chi connectivity index (χ1v) is 7.23. The molecule has 20 heavy (non-hydrogen) atoms. The number of nitrogens with zero attached hydrogens (tertiary/aromatic N) is 1. The summed E-state index contributed by atoms with van der Waals surface area (Å²) >= 11 is 1.61. The topological polar surface area (TPSA) is 55.2 Å². The smallest absolute Gasteiger partial charge is 0.384 e. The molecule has 0 aliphatic carbocycles. The molecule has 1 aromatic carbocycles. The largest absolute Gasteiger partial charge is 0.418 e. The van der Waals surface area contributed by atoms with Crippen LogP contribution in [0.5, 0.6) is 0 Å². The number of alkyl halides is 3. The van der Waals surface area contributed by atoms with Gasteiger partial charge in [0.2, 0.25) is 0 Å². The Labute approximate surface area is 118 Å². The number of nitro groups is 1. The number of anilines is 1. The Morgan fingerprint density at radius 3 is 2.60 bits per heavy atom. The molecule has 1 rings (SSSR count). The van der Waals surface area contributed by atoms with Crippen molar-refractivity contribution in [2.75, 3.05) is 23.9 Å². The Hall–Kier alpha value is -1.44. The lowest BCUT2D eigenvalue weighted by Gasteiger charge is -2.17. The number of rotatable bonds is 6.